The lowest BCUT2D eigenvalue weighted by atomic mass is 9.92. The van der Waals surface area contributed by atoms with Crippen LogP contribution in [0.25, 0.3) is 10.9 Å². The third-order valence-corrected chi connectivity index (χ3v) is 5.54. The number of hydrogen-bond acceptors (Lipinski definition) is 5. The van der Waals surface area contributed by atoms with Gasteiger partial charge in [0.2, 0.25) is 17.6 Å². The summed E-state index contributed by atoms with van der Waals surface area (Å²) in [5, 5.41) is 0.903. The highest BCUT2D eigenvalue weighted by Gasteiger charge is 2.43. The molecule has 0 unspecified atom stereocenters. The number of hydrogen-bond donors (Lipinski definition) is 1. The Balaban J connectivity index is 1.86. The van der Waals surface area contributed by atoms with Crippen molar-refractivity contribution in [3.05, 3.63) is 41.1 Å². The normalized spacial score (nSPS) is 17.0. The second-order valence-corrected chi connectivity index (χ2v) is 8.30. The number of aromatic nitrogens is 4. The third kappa shape index (κ3) is 4.42. The molecule has 1 N–H and O–H groups in total. The summed E-state index contributed by atoms with van der Waals surface area (Å²) in [6.07, 6.45) is -9.45. The number of halogens is 6. The Morgan fingerprint density at radius 1 is 1.06 bits per heavy atom. The number of nitrogens with zero attached hydrogens (tertiary/aromatic N) is 4. The molecule has 2 aromatic heterocycles. The molecule has 0 aliphatic carbocycles. The summed E-state index contributed by atoms with van der Waals surface area (Å²) < 4.78 is 85.1. The minimum absolute atomic E-state index is 0.0930. The lowest BCUT2D eigenvalue weighted by Crippen LogP contribution is -2.38. The fourth-order valence-corrected chi connectivity index (χ4v) is 4.15. The Kier molecular flexibility index (Phi) is 5.65. The number of nitrogens with one attached hydrogen (secondary N) is 1. The van der Waals surface area contributed by atoms with Crippen molar-refractivity contribution in [1.82, 2.24) is 19.9 Å². The number of rotatable bonds is 4. The van der Waals surface area contributed by atoms with E-state index in [1.807, 2.05) is 26.0 Å². The maximum Gasteiger partial charge on any atom is 0.451 e. The number of anilines is 1. The first-order chi connectivity index (χ1) is 15.4. The fraction of sp³-hybridized carbons (Fsp3) is 0.476. The molecule has 1 atom stereocenters. The molecular formula is C21H21F6N5O. The van der Waals surface area contributed by atoms with E-state index in [0.29, 0.717) is 18.6 Å². The Hall–Kier alpha value is -3.05. The molecule has 1 aliphatic heterocycles. The van der Waals surface area contributed by atoms with Crippen molar-refractivity contribution in [2.24, 2.45) is 5.92 Å². The Morgan fingerprint density at radius 2 is 1.70 bits per heavy atom. The molecule has 4 rings (SSSR count). The van der Waals surface area contributed by atoms with Crippen molar-refractivity contribution in [3.63, 3.8) is 0 Å². The number of alkyl halides is 6. The summed E-state index contributed by atoms with van der Waals surface area (Å²) in [6, 6.07) is 4.92. The fourth-order valence-electron chi connectivity index (χ4n) is 4.15. The van der Waals surface area contributed by atoms with Crippen LogP contribution in [0.2, 0.25) is 0 Å². The van der Waals surface area contributed by atoms with Crippen molar-refractivity contribution in [1.29, 1.82) is 0 Å². The molecule has 0 saturated carbocycles. The van der Waals surface area contributed by atoms with Crippen molar-refractivity contribution in [2.75, 3.05) is 18.6 Å². The van der Waals surface area contributed by atoms with Crippen LogP contribution in [0.4, 0.5) is 32.3 Å². The largest absolute Gasteiger partial charge is 0.497 e. The molecule has 0 bridgehead atoms. The average molecular weight is 473 g/mol. The quantitative estimate of drug-likeness (QED) is 0.504. The van der Waals surface area contributed by atoms with Crippen molar-refractivity contribution in [2.45, 2.75) is 45.1 Å². The zero-order valence-electron chi connectivity index (χ0n) is 18.0. The molecule has 6 nitrogen and oxygen atoms in total. The number of ether oxygens (including phenoxy) is 1. The summed E-state index contributed by atoms with van der Waals surface area (Å²) in [6.45, 7) is 3.99. The zero-order valence-corrected chi connectivity index (χ0v) is 18.0. The second-order valence-electron chi connectivity index (χ2n) is 8.30. The van der Waals surface area contributed by atoms with Gasteiger partial charge in [-0.05, 0) is 42.5 Å². The molecule has 3 heterocycles. The summed E-state index contributed by atoms with van der Waals surface area (Å²) >= 11 is 0. The maximum atomic E-state index is 13.3. The monoisotopic (exact) mass is 473 g/mol. The summed E-state index contributed by atoms with van der Waals surface area (Å²) in [5.41, 5.74) is 2.48. The molecule has 33 heavy (non-hydrogen) atoms. The van der Waals surface area contributed by atoms with E-state index in [2.05, 4.69) is 19.9 Å². The van der Waals surface area contributed by atoms with E-state index >= 15 is 0 Å². The van der Waals surface area contributed by atoms with E-state index in [0.717, 1.165) is 22.2 Å². The zero-order chi connectivity index (χ0) is 24.1. The predicted octanol–water partition coefficient (Wildman–Crippen LogP) is 5.55. The van der Waals surface area contributed by atoms with Crippen LogP contribution < -0.4 is 9.64 Å². The van der Waals surface area contributed by atoms with Crippen molar-refractivity contribution >= 4 is 16.9 Å². The molecule has 0 amide bonds. The van der Waals surface area contributed by atoms with E-state index in [1.165, 1.54) is 4.90 Å². The smallest absolute Gasteiger partial charge is 0.451 e. The van der Waals surface area contributed by atoms with Crippen LogP contribution in [-0.2, 0) is 18.8 Å². The van der Waals surface area contributed by atoms with Gasteiger partial charge in [0.1, 0.15) is 5.75 Å². The molecule has 3 aromatic rings. The number of methoxy groups -OCH3 is 1. The molecule has 0 radical (unpaired) electrons. The third-order valence-electron chi connectivity index (χ3n) is 5.54. The number of benzene rings is 1. The molecule has 1 aromatic carbocycles. The van der Waals surface area contributed by atoms with Crippen molar-refractivity contribution in [3.8, 4) is 5.75 Å². The SMILES string of the molecule is COc1ccc2[nH]c3c(c2c1)CCN(c1nc(C(F)(F)F)nc(C(F)(F)F)n1)[C@H]3CC(C)C. The van der Waals surface area contributed by atoms with Gasteiger partial charge in [-0.25, -0.2) is 4.98 Å². The minimum Gasteiger partial charge on any atom is -0.497 e. The molecule has 12 heteroatoms. The van der Waals surface area contributed by atoms with E-state index < -0.39 is 36.0 Å². The van der Waals surface area contributed by atoms with Crippen LogP contribution in [0.3, 0.4) is 0 Å². The van der Waals surface area contributed by atoms with Gasteiger partial charge in [-0.1, -0.05) is 13.8 Å². The molecule has 178 valence electrons. The molecule has 0 spiro atoms. The van der Waals surface area contributed by atoms with Gasteiger partial charge in [0.05, 0.1) is 13.2 Å². The van der Waals surface area contributed by atoms with Gasteiger partial charge in [0, 0.05) is 23.1 Å². The maximum absolute atomic E-state index is 13.3. The standard InChI is InChI=1S/C21H21F6N5O/c1-10(2)8-15-16-12(13-9-11(33-3)4-5-14(13)28-16)6-7-32(15)19-30-17(20(22,23)24)29-18(31-19)21(25,26)27/h4-5,9-10,15,28H,6-8H2,1-3H3/t15-/m0/s1. The van der Waals surface area contributed by atoms with E-state index in [-0.39, 0.29) is 12.5 Å². The van der Waals surface area contributed by atoms with E-state index in [1.54, 1.807) is 13.2 Å². The first kappa shape index (κ1) is 23.1. The number of fused-ring (bicyclic) bond motifs is 3. The molecular weight excluding hydrogens is 452 g/mol. The van der Waals surface area contributed by atoms with Gasteiger partial charge in [0.15, 0.2) is 0 Å². The lowest BCUT2D eigenvalue weighted by Gasteiger charge is -2.37. The molecule has 0 saturated heterocycles. The average Bonchev–Trinajstić information content (AvgIpc) is 3.10. The van der Waals surface area contributed by atoms with Gasteiger partial charge in [0.25, 0.3) is 0 Å². The van der Waals surface area contributed by atoms with Gasteiger partial charge in [-0.15, -0.1) is 0 Å². The summed E-state index contributed by atoms with van der Waals surface area (Å²) in [5.74, 6) is -3.63. The Labute approximate surface area is 185 Å². The van der Waals surface area contributed by atoms with Crippen LogP contribution in [-0.4, -0.2) is 33.6 Å². The Morgan fingerprint density at radius 3 is 2.24 bits per heavy atom. The highest BCUT2D eigenvalue weighted by atomic mass is 19.4. The van der Waals surface area contributed by atoms with Crippen LogP contribution in [0, 0.1) is 5.92 Å². The first-order valence-corrected chi connectivity index (χ1v) is 10.2. The predicted molar refractivity (Wildman–Crippen MR) is 108 cm³/mol. The minimum atomic E-state index is -5.15. The van der Waals surface area contributed by atoms with Crippen molar-refractivity contribution < 1.29 is 31.1 Å². The van der Waals surface area contributed by atoms with E-state index in [4.69, 9.17) is 4.74 Å². The lowest BCUT2D eigenvalue weighted by molar-refractivity contribution is -0.155. The molecule has 1 aliphatic rings. The number of aromatic amines is 1. The first-order valence-electron chi connectivity index (χ1n) is 10.2. The summed E-state index contributed by atoms with van der Waals surface area (Å²) in [4.78, 5) is 14.1. The van der Waals surface area contributed by atoms with Gasteiger partial charge in [-0.2, -0.15) is 36.3 Å². The second kappa shape index (κ2) is 8.07. The summed E-state index contributed by atoms with van der Waals surface area (Å²) in [7, 11) is 1.54. The Bertz CT molecular complexity index is 1140. The van der Waals surface area contributed by atoms with E-state index in [9.17, 15) is 26.3 Å². The van der Waals surface area contributed by atoms with Crippen LogP contribution in [0.5, 0.6) is 5.75 Å². The van der Waals surface area contributed by atoms with Gasteiger partial charge < -0.3 is 14.6 Å². The van der Waals surface area contributed by atoms with Gasteiger partial charge >= 0.3 is 12.4 Å². The van der Waals surface area contributed by atoms with Crippen LogP contribution in [0.1, 0.15) is 49.2 Å². The highest BCUT2D eigenvalue weighted by molar-refractivity contribution is 5.87. The molecule has 0 fully saturated rings. The number of H-pyrrole nitrogens is 1. The van der Waals surface area contributed by atoms with Crippen LogP contribution >= 0.6 is 0 Å². The topological polar surface area (TPSA) is 66.9 Å². The van der Waals surface area contributed by atoms with Gasteiger partial charge in [-0.3, -0.25) is 0 Å². The van der Waals surface area contributed by atoms with Crippen LogP contribution in [0.15, 0.2) is 18.2 Å². The highest BCUT2D eigenvalue weighted by Crippen LogP contribution is 2.41.